The lowest BCUT2D eigenvalue weighted by atomic mass is 10.0. The summed E-state index contributed by atoms with van der Waals surface area (Å²) in [6, 6.07) is 19.6. The van der Waals surface area contributed by atoms with Crippen LogP contribution in [-0.4, -0.2) is 6.36 Å². The van der Waals surface area contributed by atoms with E-state index in [0.29, 0.717) is 28.3 Å². The minimum absolute atomic E-state index is 0.248. The number of rotatable bonds is 4. The van der Waals surface area contributed by atoms with Crippen molar-refractivity contribution in [1.82, 2.24) is 0 Å². The molecule has 0 spiro atoms. The quantitative estimate of drug-likeness (QED) is 0.624. The molecule has 0 saturated heterocycles. The first-order chi connectivity index (χ1) is 11.9. The molecule has 2 N–H and O–H groups in total. The number of alkyl halides is 3. The smallest absolute Gasteiger partial charge is 0.457 e. The van der Waals surface area contributed by atoms with E-state index in [0.717, 1.165) is 0 Å². The number of anilines is 1. The van der Waals surface area contributed by atoms with Crippen molar-refractivity contribution in [3.8, 4) is 28.4 Å². The fourth-order valence-electron chi connectivity index (χ4n) is 2.29. The van der Waals surface area contributed by atoms with Crippen molar-refractivity contribution in [2.24, 2.45) is 0 Å². The van der Waals surface area contributed by atoms with Gasteiger partial charge in [-0.3, -0.25) is 0 Å². The molecule has 0 bridgehead atoms. The first-order valence-corrected chi connectivity index (χ1v) is 7.39. The Hall–Kier alpha value is -3.15. The zero-order valence-electron chi connectivity index (χ0n) is 13.0. The minimum Gasteiger partial charge on any atom is -0.457 e. The fourth-order valence-corrected chi connectivity index (χ4v) is 2.29. The summed E-state index contributed by atoms with van der Waals surface area (Å²) in [6.07, 6.45) is -4.74. The maximum atomic E-state index is 12.5. The summed E-state index contributed by atoms with van der Waals surface area (Å²) >= 11 is 0. The summed E-state index contributed by atoms with van der Waals surface area (Å²) < 4.78 is 47.3. The fraction of sp³-hybridized carbons (Fsp3) is 0.0526. The number of nitrogen functional groups attached to an aromatic ring is 1. The normalized spacial score (nSPS) is 11.2. The van der Waals surface area contributed by atoms with Gasteiger partial charge >= 0.3 is 6.36 Å². The highest BCUT2D eigenvalue weighted by Gasteiger charge is 2.32. The van der Waals surface area contributed by atoms with E-state index in [4.69, 9.17) is 10.5 Å². The zero-order chi connectivity index (χ0) is 17.9. The molecule has 0 aliphatic rings. The van der Waals surface area contributed by atoms with Gasteiger partial charge in [-0.25, -0.2) is 0 Å². The molecule has 0 heterocycles. The van der Waals surface area contributed by atoms with Crippen LogP contribution in [0.3, 0.4) is 0 Å². The highest BCUT2D eigenvalue weighted by atomic mass is 19.4. The van der Waals surface area contributed by atoms with Crippen LogP contribution in [-0.2, 0) is 0 Å². The molecule has 25 heavy (non-hydrogen) atoms. The second-order valence-corrected chi connectivity index (χ2v) is 5.24. The van der Waals surface area contributed by atoms with Crippen LogP contribution in [0.1, 0.15) is 0 Å². The van der Waals surface area contributed by atoms with Gasteiger partial charge in [0.1, 0.15) is 17.2 Å². The van der Waals surface area contributed by atoms with E-state index in [1.54, 1.807) is 60.7 Å². The summed E-state index contributed by atoms with van der Waals surface area (Å²) in [5, 5.41) is 0. The van der Waals surface area contributed by atoms with Crippen LogP contribution < -0.4 is 15.2 Å². The Morgan fingerprint density at radius 2 is 1.28 bits per heavy atom. The molecule has 0 atom stereocenters. The van der Waals surface area contributed by atoms with Gasteiger partial charge in [0.25, 0.3) is 0 Å². The number of benzene rings is 3. The SMILES string of the molecule is Nc1ccc(Oc2ccc(-c3ccccc3OC(F)(F)F)cc2)cc1. The van der Waals surface area contributed by atoms with Gasteiger partial charge in [-0.05, 0) is 48.0 Å². The molecular formula is C19H14F3NO2. The molecule has 0 aromatic heterocycles. The molecule has 0 saturated carbocycles. The second-order valence-electron chi connectivity index (χ2n) is 5.24. The molecule has 3 aromatic carbocycles. The molecule has 0 fully saturated rings. The highest BCUT2D eigenvalue weighted by molar-refractivity contribution is 5.71. The van der Waals surface area contributed by atoms with Gasteiger partial charge in [-0.2, -0.15) is 0 Å². The van der Waals surface area contributed by atoms with Gasteiger partial charge in [-0.15, -0.1) is 13.2 Å². The van der Waals surface area contributed by atoms with E-state index in [-0.39, 0.29) is 5.75 Å². The molecule has 128 valence electrons. The van der Waals surface area contributed by atoms with Crippen molar-refractivity contribution in [3.05, 3.63) is 72.8 Å². The van der Waals surface area contributed by atoms with Crippen LogP contribution in [0.25, 0.3) is 11.1 Å². The van der Waals surface area contributed by atoms with Crippen molar-refractivity contribution in [2.45, 2.75) is 6.36 Å². The monoisotopic (exact) mass is 345 g/mol. The van der Waals surface area contributed by atoms with Crippen LogP contribution >= 0.6 is 0 Å². The number of ether oxygens (including phenoxy) is 2. The molecule has 3 nitrogen and oxygen atoms in total. The van der Waals surface area contributed by atoms with E-state index in [2.05, 4.69) is 4.74 Å². The van der Waals surface area contributed by atoms with Crippen molar-refractivity contribution in [2.75, 3.05) is 5.73 Å². The molecule has 3 aromatic rings. The van der Waals surface area contributed by atoms with Crippen LogP contribution in [0.2, 0.25) is 0 Å². The molecular weight excluding hydrogens is 331 g/mol. The van der Waals surface area contributed by atoms with E-state index in [1.165, 1.54) is 12.1 Å². The van der Waals surface area contributed by atoms with Gasteiger partial charge < -0.3 is 15.2 Å². The Balaban J connectivity index is 1.82. The lowest BCUT2D eigenvalue weighted by Gasteiger charge is -2.13. The Morgan fingerprint density at radius 1 is 0.720 bits per heavy atom. The number of nitrogens with two attached hydrogens (primary N) is 1. The molecule has 0 aliphatic heterocycles. The summed E-state index contributed by atoms with van der Waals surface area (Å²) in [5.74, 6) is 0.924. The Bertz CT molecular complexity index is 844. The van der Waals surface area contributed by atoms with Crippen molar-refractivity contribution in [1.29, 1.82) is 0 Å². The van der Waals surface area contributed by atoms with Crippen LogP contribution in [0.5, 0.6) is 17.2 Å². The maximum Gasteiger partial charge on any atom is 0.573 e. The lowest BCUT2D eigenvalue weighted by molar-refractivity contribution is -0.274. The average molecular weight is 345 g/mol. The Labute approximate surface area is 142 Å². The first-order valence-electron chi connectivity index (χ1n) is 7.39. The number of hydrogen-bond donors (Lipinski definition) is 1. The average Bonchev–Trinajstić information content (AvgIpc) is 2.57. The van der Waals surface area contributed by atoms with E-state index in [9.17, 15) is 13.2 Å². The van der Waals surface area contributed by atoms with Gasteiger partial charge in [-0.1, -0.05) is 30.3 Å². The number of para-hydroxylation sites is 1. The number of hydrogen-bond acceptors (Lipinski definition) is 3. The van der Waals surface area contributed by atoms with Crippen LogP contribution in [0.15, 0.2) is 72.8 Å². The van der Waals surface area contributed by atoms with E-state index < -0.39 is 6.36 Å². The number of halogens is 3. The topological polar surface area (TPSA) is 44.5 Å². The van der Waals surface area contributed by atoms with Gasteiger partial charge in [0.05, 0.1) is 0 Å². The third-order valence-corrected chi connectivity index (χ3v) is 3.39. The van der Waals surface area contributed by atoms with Gasteiger partial charge in [0.2, 0.25) is 0 Å². The Morgan fingerprint density at radius 3 is 1.88 bits per heavy atom. The Kier molecular flexibility index (Phi) is 4.52. The third-order valence-electron chi connectivity index (χ3n) is 3.39. The van der Waals surface area contributed by atoms with Crippen molar-refractivity contribution >= 4 is 5.69 Å². The standard InChI is InChI=1S/C19H14F3NO2/c20-19(21,22)25-18-4-2-1-3-17(18)13-5-9-15(10-6-13)24-16-11-7-14(23)8-12-16/h1-12H,23H2. The summed E-state index contributed by atoms with van der Waals surface area (Å²) in [4.78, 5) is 0. The molecule has 0 aliphatic carbocycles. The zero-order valence-corrected chi connectivity index (χ0v) is 13.0. The van der Waals surface area contributed by atoms with Crippen LogP contribution in [0, 0.1) is 0 Å². The highest BCUT2D eigenvalue weighted by Crippen LogP contribution is 2.34. The molecule has 3 rings (SSSR count). The van der Waals surface area contributed by atoms with Crippen LogP contribution in [0.4, 0.5) is 18.9 Å². The summed E-state index contributed by atoms with van der Waals surface area (Å²) in [7, 11) is 0. The van der Waals surface area contributed by atoms with Gasteiger partial charge in [0.15, 0.2) is 0 Å². The third kappa shape index (κ3) is 4.44. The first kappa shape index (κ1) is 16.7. The second kappa shape index (κ2) is 6.76. The minimum atomic E-state index is -4.74. The predicted molar refractivity (Wildman–Crippen MR) is 89.5 cm³/mol. The van der Waals surface area contributed by atoms with Gasteiger partial charge in [0, 0.05) is 11.3 Å². The van der Waals surface area contributed by atoms with E-state index in [1.807, 2.05) is 0 Å². The summed E-state index contributed by atoms with van der Waals surface area (Å²) in [5.41, 5.74) is 7.18. The molecule has 6 heteroatoms. The van der Waals surface area contributed by atoms with E-state index >= 15 is 0 Å². The largest absolute Gasteiger partial charge is 0.573 e. The molecule has 0 unspecified atom stereocenters. The molecule has 0 amide bonds. The predicted octanol–water partition coefficient (Wildman–Crippen LogP) is 5.63. The van der Waals surface area contributed by atoms with Crippen molar-refractivity contribution in [3.63, 3.8) is 0 Å². The molecule has 0 radical (unpaired) electrons. The van der Waals surface area contributed by atoms with Crippen molar-refractivity contribution < 1.29 is 22.6 Å². The summed E-state index contributed by atoms with van der Waals surface area (Å²) in [6.45, 7) is 0. The maximum absolute atomic E-state index is 12.5. The lowest BCUT2D eigenvalue weighted by Crippen LogP contribution is -2.17.